The van der Waals surface area contributed by atoms with Crippen LogP contribution in [0.15, 0.2) is 11.6 Å². The molecule has 2 fully saturated rings. The van der Waals surface area contributed by atoms with E-state index in [1.54, 1.807) is 11.3 Å². The molecule has 2 aromatic rings. The highest BCUT2D eigenvalue weighted by molar-refractivity contribution is 7.15. The van der Waals surface area contributed by atoms with Crippen LogP contribution < -0.4 is 5.32 Å². The Kier molecular flexibility index (Phi) is 6.10. The highest BCUT2D eigenvalue weighted by atomic mass is 32.1. The van der Waals surface area contributed by atoms with Gasteiger partial charge in [-0.3, -0.25) is 14.1 Å². The van der Waals surface area contributed by atoms with Gasteiger partial charge < -0.3 is 10.1 Å². The first-order valence-corrected chi connectivity index (χ1v) is 11.1. The second-order valence-corrected chi connectivity index (χ2v) is 8.77. The van der Waals surface area contributed by atoms with Gasteiger partial charge in [-0.1, -0.05) is 0 Å². The van der Waals surface area contributed by atoms with Crippen molar-refractivity contribution in [1.29, 1.82) is 0 Å². The molecule has 1 unspecified atom stereocenters. The fraction of sp³-hybridized carbons (Fsp3) is 0.700. The van der Waals surface area contributed by atoms with Crippen LogP contribution in [-0.4, -0.2) is 52.5 Å². The maximum absolute atomic E-state index is 12.1. The van der Waals surface area contributed by atoms with Gasteiger partial charge in [-0.05, 0) is 58.0 Å². The molecule has 2 aliphatic heterocycles. The van der Waals surface area contributed by atoms with E-state index in [1.807, 2.05) is 0 Å². The number of hydrogen-bond acceptors (Lipinski definition) is 5. The molecule has 148 valence electrons. The predicted octanol–water partition coefficient (Wildman–Crippen LogP) is 2.99. The minimum absolute atomic E-state index is 0.183. The molecule has 7 heteroatoms. The van der Waals surface area contributed by atoms with Gasteiger partial charge in [0.2, 0.25) is 5.91 Å². The van der Waals surface area contributed by atoms with Crippen molar-refractivity contribution in [1.82, 2.24) is 19.6 Å². The lowest BCUT2D eigenvalue weighted by Gasteiger charge is -2.31. The van der Waals surface area contributed by atoms with E-state index in [0.717, 1.165) is 56.2 Å². The molecule has 6 nitrogen and oxygen atoms in total. The van der Waals surface area contributed by atoms with Crippen LogP contribution in [0.1, 0.15) is 49.9 Å². The third-order valence-corrected chi connectivity index (χ3v) is 6.73. The average molecular weight is 391 g/mol. The molecule has 0 aliphatic carbocycles. The van der Waals surface area contributed by atoms with E-state index in [0.29, 0.717) is 18.9 Å². The molecule has 4 heterocycles. The maximum Gasteiger partial charge on any atom is 0.220 e. The molecule has 0 aromatic carbocycles. The van der Waals surface area contributed by atoms with Crippen molar-refractivity contribution in [2.24, 2.45) is 5.92 Å². The lowest BCUT2D eigenvalue weighted by atomic mass is 9.92. The summed E-state index contributed by atoms with van der Waals surface area (Å²) in [6, 6.07) is 0. The van der Waals surface area contributed by atoms with Gasteiger partial charge in [-0.15, -0.1) is 11.3 Å². The molecule has 0 radical (unpaired) electrons. The van der Waals surface area contributed by atoms with Crippen LogP contribution in [0.5, 0.6) is 0 Å². The van der Waals surface area contributed by atoms with Gasteiger partial charge in [0, 0.05) is 37.7 Å². The topological polar surface area (TPSA) is 58.9 Å². The summed E-state index contributed by atoms with van der Waals surface area (Å²) in [5, 5.41) is 5.14. The van der Waals surface area contributed by atoms with E-state index in [9.17, 15) is 4.79 Å². The standard InChI is InChI=1S/C20H30N4O2S/c1-15-18(24-10-12-27-20(24)22-15)14-23-8-6-16(7-9-23)4-5-19(25)21-13-17-3-2-11-26-17/h10,12,16-17H,2-9,11,13-14H2,1H3,(H,21,25). The molecule has 27 heavy (non-hydrogen) atoms. The van der Waals surface area contributed by atoms with E-state index < -0.39 is 0 Å². The molecule has 4 rings (SSSR count). The van der Waals surface area contributed by atoms with E-state index in [1.165, 1.54) is 18.5 Å². The van der Waals surface area contributed by atoms with Crippen molar-refractivity contribution in [3.63, 3.8) is 0 Å². The monoisotopic (exact) mass is 390 g/mol. The number of nitrogens with zero attached hydrogens (tertiary/aromatic N) is 3. The van der Waals surface area contributed by atoms with Crippen LogP contribution >= 0.6 is 11.3 Å². The van der Waals surface area contributed by atoms with Crippen molar-refractivity contribution in [2.75, 3.05) is 26.2 Å². The molecule has 2 saturated heterocycles. The molecule has 1 N–H and O–H groups in total. The number of likely N-dealkylation sites (tertiary alicyclic amines) is 1. The third-order valence-electron chi connectivity index (χ3n) is 5.97. The third kappa shape index (κ3) is 4.70. The Morgan fingerprint density at radius 1 is 1.37 bits per heavy atom. The minimum atomic E-state index is 0.183. The van der Waals surface area contributed by atoms with Gasteiger partial charge in [0.05, 0.1) is 17.5 Å². The Bertz CT molecular complexity index is 757. The second-order valence-electron chi connectivity index (χ2n) is 7.90. The van der Waals surface area contributed by atoms with Crippen molar-refractivity contribution >= 4 is 22.2 Å². The number of piperidine rings is 1. The van der Waals surface area contributed by atoms with E-state index >= 15 is 0 Å². The SMILES string of the molecule is Cc1nc2sccn2c1CN1CCC(CCC(=O)NCC2CCCO2)CC1. The summed E-state index contributed by atoms with van der Waals surface area (Å²) in [4.78, 5) is 20.3. The number of hydrogen-bond donors (Lipinski definition) is 1. The number of fused-ring (bicyclic) bond motifs is 1. The molecule has 0 saturated carbocycles. The Morgan fingerprint density at radius 3 is 3.00 bits per heavy atom. The first kappa shape index (κ1) is 18.9. The smallest absolute Gasteiger partial charge is 0.220 e. The second kappa shape index (κ2) is 8.71. The normalized spacial score (nSPS) is 21.9. The number of imidazole rings is 1. The highest BCUT2D eigenvalue weighted by Crippen LogP contribution is 2.25. The Labute approximate surface area is 164 Å². The van der Waals surface area contributed by atoms with E-state index in [4.69, 9.17) is 4.74 Å². The minimum Gasteiger partial charge on any atom is -0.376 e. The lowest BCUT2D eigenvalue weighted by Crippen LogP contribution is -2.35. The van der Waals surface area contributed by atoms with Crippen LogP contribution in [0.25, 0.3) is 4.96 Å². The number of thiazole rings is 1. The number of aromatic nitrogens is 2. The quantitative estimate of drug-likeness (QED) is 0.790. The van der Waals surface area contributed by atoms with Crippen molar-refractivity contribution < 1.29 is 9.53 Å². The van der Waals surface area contributed by atoms with E-state index in [-0.39, 0.29) is 12.0 Å². The molecule has 2 aliphatic rings. The fourth-order valence-corrected chi connectivity index (χ4v) is 5.01. The van der Waals surface area contributed by atoms with Crippen molar-refractivity contribution in [3.8, 4) is 0 Å². The first-order valence-electron chi connectivity index (χ1n) is 10.2. The van der Waals surface area contributed by atoms with Crippen LogP contribution in [0.4, 0.5) is 0 Å². The summed E-state index contributed by atoms with van der Waals surface area (Å²) >= 11 is 1.69. The van der Waals surface area contributed by atoms with Crippen LogP contribution in [0.2, 0.25) is 0 Å². The maximum atomic E-state index is 12.1. The van der Waals surface area contributed by atoms with Crippen LogP contribution in [0.3, 0.4) is 0 Å². The molecule has 0 bridgehead atoms. The van der Waals surface area contributed by atoms with Gasteiger partial charge in [0.25, 0.3) is 0 Å². The van der Waals surface area contributed by atoms with Crippen molar-refractivity contribution in [2.45, 2.75) is 58.1 Å². The summed E-state index contributed by atoms with van der Waals surface area (Å²) in [6.45, 7) is 6.82. The molecule has 1 amide bonds. The summed E-state index contributed by atoms with van der Waals surface area (Å²) in [5.74, 6) is 0.852. The van der Waals surface area contributed by atoms with Gasteiger partial charge in [-0.2, -0.15) is 0 Å². The van der Waals surface area contributed by atoms with Crippen LogP contribution in [0, 0.1) is 12.8 Å². The van der Waals surface area contributed by atoms with Crippen molar-refractivity contribution in [3.05, 3.63) is 23.0 Å². The fourth-order valence-electron chi connectivity index (χ4n) is 4.23. The molecular formula is C20H30N4O2S. The number of carbonyl (C=O) groups excluding carboxylic acids is 1. The average Bonchev–Trinajstić information content (AvgIpc) is 3.40. The lowest BCUT2D eigenvalue weighted by molar-refractivity contribution is -0.122. The summed E-state index contributed by atoms with van der Waals surface area (Å²) in [7, 11) is 0. The van der Waals surface area contributed by atoms with Gasteiger partial charge in [0.15, 0.2) is 4.96 Å². The zero-order valence-corrected chi connectivity index (χ0v) is 17.0. The number of rotatable bonds is 7. The van der Waals surface area contributed by atoms with E-state index in [2.05, 4.69) is 38.1 Å². The number of ether oxygens (including phenoxy) is 1. The zero-order chi connectivity index (χ0) is 18.6. The molecule has 0 spiro atoms. The van der Waals surface area contributed by atoms with Gasteiger partial charge in [0.1, 0.15) is 0 Å². The Balaban J connectivity index is 1.17. The number of carbonyl (C=O) groups is 1. The van der Waals surface area contributed by atoms with Gasteiger partial charge in [-0.25, -0.2) is 4.98 Å². The van der Waals surface area contributed by atoms with Gasteiger partial charge >= 0.3 is 0 Å². The molecular weight excluding hydrogens is 360 g/mol. The number of amides is 1. The molecule has 1 atom stereocenters. The summed E-state index contributed by atoms with van der Waals surface area (Å²) in [6.07, 6.45) is 8.58. The summed E-state index contributed by atoms with van der Waals surface area (Å²) < 4.78 is 7.78. The zero-order valence-electron chi connectivity index (χ0n) is 16.2. The number of nitrogens with one attached hydrogen (secondary N) is 1. The first-order chi connectivity index (χ1) is 13.2. The highest BCUT2D eigenvalue weighted by Gasteiger charge is 2.22. The summed E-state index contributed by atoms with van der Waals surface area (Å²) in [5.41, 5.74) is 2.46. The molecule has 2 aromatic heterocycles. The van der Waals surface area contributed by atoms with Crippen LogP contribution in [-0.2, 0) is 16.1 Å². The largest absolute Gasteiger partial charge is 0.376 e. The Hall–Kier alpha value is -1.44. The Morgan fingerprint density at radius 2 is 2.22 bits per heavy atom. The predicted molar refractivity (Wildman–Crippen MR) is 107 cm³/mol. The number of aryl methyl sites for hydroxylation is 1.